The molecule has 0 heterocycles. The molecule has 1 N–H and O–H groups in total. The van der Waals surface area contributed by atoms with Crippen LogP contribution < -0.4 is 4.74 Å². The van der Waals surface area contributed by atoms with E-state index in [1.807, 2.05) is 0 Å². The highest BCUT2D eigenvalue weighted by Crippen LogP contribution is 2.33. The lowest BCUT2D eigenvalue weighted by Gasteiger charge is -2.07. The van der Waals surface area contributed by atoms with Crippen LogP contribution in [0.1, 0.15) is 5.56 Å². The molecule has 6 heteroatoms. The van der Waals surface area contributed by atoms with E-state index in [0.717, 1.165) is 0 Å². The van der Waals surface area contributed by atoms with Crippen LogP contribution in [0.4, 0.5) is 5.69 Å². The lowest BCUT2D eigenvalue weighted by Crippen LogP contribution is -1.94. The molecule has 0 spiro atoms. The number of nitro groups is 1. The van der Waals surface area contributed by atoms with Gasteiger partial charge in [0.25, 0.3) is 0 Å². The Balaban J connectivity index is 2.34. The van der Waals surface area contributed by atoms with Crippen molar-refractivity contribution >= 4 is 21.6 Å². The molecule has 0 radical (unpaired) electrons. The predicted molar refractivity (Wildman–Crippen MR) is 73.2 cm³/mol. The highest BCUT2D eigenvalue weighted by molar-refractivity contribution is 9.10. The topological polar surface area (TPSA) is 72.6 Å². The first-order chi connectivity index (χ1) is 9.10. The van der Waals surface area contributed by atoms with Crippen molar-refractivity contribution < 1.29 is 14.8 Å². The Bertz CT molecular complexity index is 615. The Kier molecular flexibility index (Phi) is 4.13. The molecule has 0 aliphatic heterocycles. The first-order valence-electron chi connectivity index (χ1n) is 5.42. The summed E-state index contributed by atoms with van der Waals surface area (Å²) in [6, 6.07) is 11.3. The molecule has 5 nitrogen and oxygen atoms in total. The molecule has 0 bridgehead atoms. The zero-order chi connectivity index (χ0) is 13.8. The standard InChI is InChI=1S/C13H10BrNO4/c14-10-4-5-13(12(7-10)15(17)18)19-11-3-1-2-9(6-11)8-16/h1-7,16H,8H2. The molecule has 0 atom stereocenters. The van der Waals surface area contributed by atoms with E-state index in [4.69, 9.17) is 9.84 Å². The van der Waals surface area contributed by atoms with Crippen molar-refractivity contribution in [1.29, 1.82) is 0 Å². The summed E-state index contributed by atoms with van der Waals surface area (Å²) in [5, 5.41) is 20.0. The Morgan fingerprint density at radius 3 is 2.74 bits per heavy atom. The minimum atomic E-state index is -0.504. The van der Waals surface area contributed by atoms with Crippen LogP contribution in [0.2, 0.25) is 0 Å². The van der Waals surface area contributed by atoms with Crippen molar-refractivity contribution in [2.45, 2.75) is 6.61 Å². The van der Waals surface area contributed by atoms with Crippen molar-refractivity contribution in [2.75, 3.05) is 0 Å². The molecule has 2 rings (SSSR count). The summed E-state index contributed by atoms with van der Waals surface area (Å²) in [6.07, 6.45) is 0. The molecule has 0 amide bonds. The molecule has 2 aromatic carbocycles. The fourth-order valence-corrected chi connectivity index (χ4v) is 1.90. The lowest BCUT2D eigenvalue weighted by molar-refractivity contribution is -0.385. The normalized spacial score (nSPS) is 10.2. The van der Waals surface area contributed by atoms with Crippen LogP contribution in [-0.4, -0.2) is 10.0 Å². The molecule has 2 aromatic rings. The van der Waals surface area contributed by atoms with Crippen molar-refractivity contribution in [3.8, 4) is 11.5 Å². The van der Waals surface area contributed by atoms with Crippen LogP contribution in [-0.2, 0) is 6.61 Å². The van der Waals surface area contributed by atoms with Gasteiger partial charge in [-0.1, -0.05) is 28.1 Å². The number of nitro benzene ring substituents is 1. The predicted octanol–water partition coefficient (Wildman–Crippen LogP) is 3.64. The van der Waals surface area contributed by atoms with Gasteiger partial charge in [-0.15, -0.1) is 0 Å². The van der Waals surface area contributed by atoms with E-state index in [0.29, 0.717) is 15.8 Å². The van der Waals surface area contributed by atoms with E-state index < -0.39 is 4.92 Å². The largest absolute Gasteiger partial charge is 0.450 e. The lowest BCUT2D eigenvalue weighted by atomic mass is 10.2. The number of rotatable bonds is 4. The smallest absolute Gasteiger partial charge is 0.312 e. The Hall–Kier alpha value is -1.92. The molecule has 0 aromatic heterocycles. The SMILES string of the molecule is O=[N+]([O-])c1cc(Br)ccc1Oc1cccc(CO)c1. The van der Waals surface area contributed by atoms with Gasteiger partial charge in [0.2, 0.25) is 5.75 Å². The fourth-order valence-electron chi connectivity index (χ4n) is 1.55. The molecule has 19 heavy (non-hydrogen) atoms. The van der Waals surface area contributed by atoms with Gasteiger partial charge in [0.15, 0.2) is 0 Å². The third kappa shape index (κ3) is 3.30. The van der Waals surface area contributed by atoms with Gasteiger partial charge in [-0.05, 0) is 29.8 Å². The number of halogens is 1. The summed E-state index contributed by atoms with van der Waals surface area (Å²) < 4.78 is 6.10. The summed E-state index contributed by atoms with van der Waals surface area (Å²) in [6.45, 7) is -0.111. The van der Waals surface area contributed by atoms with Crippen molar-refractivity contribution in [2.24, 2.45) is 0 Å². The summed E-state index contributed by atoms with van der Waals surface area (Å²) in [7, 11) is 0. The molecule has 0 aliphatic carbocycles. The van der Waals surface area contributed by atoms with Crippen LogP contribution in [0.3, 0.4) is 0 Å². The monoisotopic (exact) mass is 323 g/mol. The van der Waals surface area contributed by atoms with Crippen molar-refractivity contribution in [3.63, 3.8) is 0 Å². The molecule has 0 fully saturated rings. The Labute approximate surface area is 117 Å². The Morgan fingerprint density at radius 1 is 1.26 bits per heavy atom. The number of hydrogen-bond donors (Lipinski definition) is 1. The molecular formula is C13H10BrNO4. The van der Waals surface area contributed by atoms with Gasteiger partial charge in [0, 0.05) is 10.5 Å². The number of hydrogen-bond acceptors (Lipinski definition) is 4. The van der Waals surface area contributed by atoms with Crippen molar-refractivity contribution in [3.05, 3.63) is 62.6 Å². The molecule has 0 unspecified atom stereocenters. The number of benzene rings is 2. The summed E-state index contributed by atoms with van der Waals surface area (Å²) in [5.74, 6) is 0.597. The van der Waals surface area contributed by atoms with Gasteiger partial charge in [-0.3, -0.25) is 10.1 Å². The highest BCUT2D eigenvalue weighted by Gasteiger charge is 2.16. The number of aliphatic hydroxyl groups excluding tert-OH is 1. The highest BCUT2D eigenvalue weighted by atomic mass is 79.9. The van der Waals surface area contributed by atoms with Crippen LogP contribution in [0.25, 0.3) is 0 Å². The van der Waals surface area contributed by atoms with Crippen LogP contribution in [0.5, 0.6) is 11.5 Å². The molecule has 0 saturated heterocycles. The van der Waals surface area contributed by atoms with E-state index in [1.54, 1.807) is 30.3 Å². The second-order valence-corrected chi connectivity index (χ2v) is 4.69. The second kappa shape index (κ2) is 5.81. The third-order valence-corrected chi connectivity index (χ3v) is 2.92. The second-order valence-electron chi connectivity index (χ2n) is 3.78. The average molecular weight is 324 g/mol. The van der Waals surface area contributed by atoms with Gasteiger partial charge in [0.1, 0.15) is 5.75 Å². The minimum absolute atomic E-state index is 0.111. The third-order valence-electron chi connectivity index (χ3n) is 2.43. The average Bonchev–Trinajstić information content (AvgIpc) is 2.41. The van der Waals surface area contributed by atoms with E-state index in [1.165, 1.54) is 12.1 Å². The van der Waals surface area contributed by atoms with Gasteiger partial charge in [-0.2, -0.15) is 0 Å². The van der Waals surface area contributed by atoms with Gasteiger partial charge < -0.3 is 9.84 Å². The zero-order valence-electron chi connectivity index (χ0n) is 9.75. The first-order valence-corrected chi connectivity index (χ1v) is 6.21. The van der Waals surface area contributed by atoms with Crippen LogP contribution in [0, 0.1) is 10.1 Å². The van der Waals surface area contributed by atoms with E-state index in [-0.39, 0.29) is 18.0 Å². The molecule has 0 saturated carbocycles. The summed E-state index contributed by atoms with van der Waals surface area (Å²) in [5.41, 5.74) is 0.557. The minimum Gasteiger partial charge on any atom is -0.450 e. The number of aliphatic hydroxyl groups is 1. The summed E-state index contributed by atoms with van der Waals surface area (Å²) >= 11 is 3.18. The maximum atomic E-state index is 11.0. The van der Waals surface area contributed by atoms with Crippen molar-refractivity contribution in [1.82, 2.24) is 0 Å². The zero-order valence-corrected chi connectivity index (χ0v) is 11.3. The van der Waals surface area contributed by atoms with Crippen LogP contribution in [0.15, 0.2) is 46.9 Å². The van der Waals surface area contributed by atoms with Gasteiger partial charge in [-0.25, -0.2) is 0 Å². The maximum Gasteiger partial charge on any atom is 0.312 e. The maximum absolute atomic E-state index is 11.0. The quantitative estimate of drug-likeness (QED) is 0.688. The Morgan fingerprint density at radius 2 is 2.05 bits per heavy atom. The molecular weight excluding hydrogens is 314 g/mol. The fraction of sp³-hybridized carbons (Fsp3) is 0.0769. The number of nitrogens with zero attached hydrogens (tertiary/aromatic N) is 1. The number of ether oxygens (including phenoxy) is 1. The summed E-state index contributed by atoms with van der Waals surface area (Å²) in [4.78, 5) is 10.4. The van der Waals surface area contributed by atoms with E-state index >= 15 is 0 Å². The van der Waals surface area contributed by atoms with E-state index in [2.05, 4.69) is 15.9 Å². The van der Waals surface area contributed by atoms with E-state index in [9.17, 15) is 10.1 Å². The first kappa shape index (κ1) is 13.5. The van der Waals surface area contributed by atoms with Gasteiger partial charge in [0.05, 0.1) is 11.5 Å². The molecule has 98 valence electrons. The molecule has 0 aliphatic rings. The van der Waals surface area contributed by atoms with Crippen LogP contribution >= 0.6 is 15.9 Å². The van der Waals surface area contributed by atoms with Gasteiger partial charge >= 0.3 is 5.69 Å².